The van der Waals surface area contributed by atoms with Crippen molar-refractivity contribution in [3.05, 3.63) is 54.6 Å². The first-order chi connectivity index (χ1) is 9.49. The fourth-order valence-electron chi connectivity index (χ4n) is 1.70. The molecule has 2 aromatic rings. The molecule has 0 saturated carbocycles. The van der Waals surface area contributed by atoms with E-state index in [0.717, 1.165) is 11.1 Å². The van der Waals surface area contributed by atoms with E-state index in [2.05, 4.69) is 0 Å². The first-order valence-electron chi connectivity index (χ1n) is 6.51. The average molecular weight is 270 g/mol. The van der Waals surface area contributed by atoms with Crippen molar-refractivity contribution in [2.24, 2.45) is 5.41 Å². The van der Waals surface area contributed by atoms with E-state index in [1.807, 2.05) is 54.6 Å². The lowest BCUT2D eigenvalue weighted by Gasteiger charge is -2.19. The van der Waals surface area contributed by atoms with Crippen LogP contribution in [0.1, 0.15) is 13.8 Å². The fourth-order valence-corrected chi connectivity index (χ4v) is 1.70. The molecule has 0 aromatic heterocycles. The predicted octanol–water partition coefficient (Wildman–Crippen LogP) is 3.84. The third-order valence-corrected chi connectivity index (χ3v) is 3.14. The molecule has 2 aromatic carbocycles. The molecule has 0 aliphatic heterocycles. The van der Waals surface area contributed by atoms with Gasteiger partial charge in [0.25, 0.3) is 0 Å². The minimum Gasteiger partial charge on any atom is -0.492 e. The molecule has 0 atom stereocenters. The Kier molecular flexibility index (Phi) is 4.08. The van der Waals surface area contributed by atoms with Crippen molar-refractivity contribution < 1.29 is 14.6 Å². The molecule has 0 aliphatic rings. The Labute approximate surface area is 118 Å². The SMILES string of the molecule is CC(C)(COc1ccc(-c2ccccc2)cc1)C(=O)O. The van der Waals surface area contributed by atoms with Gasteiger partial charge in [-0.25, -0.2) is 0 Å². The fraction of sp³-hybridized carbons (Fsp3) is 0.235. The smallest absolute Gasteiger partial charge is 0.312 e. The van der Waals surface area contributed by atoms with Gasteiger partial charge in [0.1, 0.15) is 12.4 Å². The van der Waals surface area contributed by atoms with Gasteiger partial charge >= 0.3 is 5.97 Å². The molecule has 3 nitrogen and oxygen atoms in total. The first-order valence-corrected chi connectivity index (χ1v) is 6.51. The Morgan fingerprint density at radius 2 is 1.55 bits per heavy atom. The van der Waals surface area contributed by atoms with Crippen molar-refractivity contribution in [2.75, 3.05) is 6.61 Å². The summed E-state index contributed by atoms with van der Waals surface area (Å²) in [5.41, 5.74) is 1.36. The van der Waals surface area contributed by atoms with Crippen LogP contribution in [0.15, 0.2) is 54.6 Å². The Bertz CT molecular complexity index is 571. The summed E-state index contributed by atoms with van der Waals surface area (Å²) in [6.45, 7) is 3.44. The molecule has 0 saturated heterocycles. The maximum Gasteiger partial charge on any atom is 0.312 e. The zero-order valence-corrected chi connectivity index (χ0v) is 11.7. The number of carbonyl (C=O) groups is 1. The molecule has 0 aliphatic carbocycles. The predicted molar refractivity (Wildman–Crippen MR) is 78.8 cm³/mol. The molecular weight excluding hydrogens is 252 g/mol. The molecule has 0 fully saturated rings. The van der Waals surface area contributed by atoms with Crippen LogP contribution >= 0.6 is 0 Å². The molecule has 2 rings (SSSR count). The van der Waals surface area contributed by atoms with Crippen LogP contribution in [-0.2, 0) is 4.79 Å². The lowest BCUT2D eigenvalue weighted by Crippen LogP contribution is -2.30. The van der Waals surface area contributed by atoms with Crippen LogP contribution in [0.2, 0.25) is 0 Å². The minimum atomic E-state index is -0.891. The van der Waals surface area contributed by atoms with Crippen molar-refractivity contribution in [3.8, 4) is 16.9 Å². The van der Waals surface area contributed by atoms with E-state index < -0.39 is 11.4 Å². The van der Waals surface area contributed by atoms with E-state index in [1.54, 1.807) is 13.8 Å². The molecule has 104 valence electrons. The lowest BCUT2D eigenvalue weighted by atomic mass is 9.95. The van der Waals surface area contributed by atoms with Crippen LogP contribution < -0.4 is 4.74 Å². The molecular formula is C17H18O3. The van der Waals surface area contributed by atoms with Crippen LogP contribution in [0.25, 0.3) is 11.1 Å². The lowest BCUT2D eigenvalue weighted by molar-refractivity contribution is -0.148. The number of benzene rings is 2. The van der Waals surface area contributed by atoms with E-state index in [9.17, 15) is 4.79 Å². The summed E-state index contributed by atoms with van der Waals surface area (Å²) in [6, 6.07) is 17.7. The molecule has 0 radical (unpaired) electrons. The highest BCUT2D eigenvalue weighted by Gasteiger charge is 2.28. The molecule has 0 unspecified atom stereocenters. The van der Waals surface area contributed by atoms with Gasteiger partial charge in [0.15, 0.2) is 0 Å². The quantitative estimate of drug-likeness (QED) is 0.897. The van der Waals surface area contributed by atoms with Crippen LogP contribution in [0, 0.1) is 5.41 Å². The Balaban J connectivity index is 2.04. The van der Waals surface area contributed by atoms with Gasteiger partial charge in [-0.2, -0.15) is 0 Å². The van der Waals surface area contributed by atoms with E-state index in [0.29, 0.717) is 5.75 Å². The number of hydrogen-bond donors (Lipinski definition) is 1. The van der Waals surface area contributed by atoms with Crippen molar-refractivity contribution >= 4 is 5.97 Å². The van der Waals surface area contributed by atoms with E-state index in [1.165, 1.54) is 0 Å². The molecule has 20 heavy (non-hydrogen) atoms. The average Bonchev–Trinajstić information content (AvgIpc) is 2.46. The van der Waals surface area contributed by atoms with Gasteiger partial charge in [0.2, 0.25) is 0 Å². The summed E-state index contributed by atoms with van der Waals surface area (Å²) in [5, 5.41) is 9.03. The number of hydrogen-bond acceptors (Lipinski definition) is 2. The number of rotatable bonds is 5. The summed E-state index contributed by atoms with van der Waals surface area (Å²) in [6.07, 6.45) is 0. The molecule has 0 spiro atoms. The monoisotopic (exact) mass is 270 g/mol. The molecule has 0 heterocycles. The normalized spacial score (nSPS) is 11.1. The largest absolute Gasteiger partial charge is 0.492 e. The van der Waals surface area contributed by atoms with Gasteiger partial charge in [0, 0.05) is 0 Å². The summed E-state index contributed by atoms with van der Waals surface area (Å²) < 4.78 is 5.54. The standard InChI is InChI=1S/C17H18O3/c1-17(2,16(18)19)12-20-15-10-8-14(9-11-15)13-6-4-3-5-7-13/h3-11H,12H2,1-2H3,(H,18,19). The second-order valence-electron chi connectivity index (χ2n) is 5.37. The van der Waals surface area contributed by atoms with E-state index >= 15 is 0 Å². The van der Waals surface area contributed by atoms with Gasteiger partial charge in [-0.3, -0.25) is 4.79 Å². The van der Waals surface area contributed by atoms with E-state index in [-0.39, 0.29) is 6.61 Å². The van der Waals surface area contributed by atoms with Crippen molar-refractivity contribution in [1.82, 2.24) is 0 Å². The molecule has 0 amide bonds. The Hall–Kier alpha value is -2.29. The highest BCUT2D eigenvalue weighted by atomic mass is 16.5. The maximum absolute atomic E-state index is 11.0. The minimum absolute atomic E-state index is 0.146. The number of ether oxygens (including phenoxy) is 1. The highest BCUT2D eigenvalue weighted by Crippen LogP contribution is 2.23. The summed E-state index contributed by atoms with van der Waals surface area (Å²) in [7, 11) is 0. The van der Waals surface area contributed by atoms with Crippen molar-refractivity contribution in [1.29, 1.82) is 0 Å². The van der Waals surface area contributed by atoms with Gasteiger partial charge in [-0.1, -0.05) is 42.5 Å². The molecule has 1 N–H and O–H groups in total. The third kappa shape index (κ3) is 3.38. The zero-order chi connectivity index (χ0) is 14.6. The zero-order valence-electron chi connectivity index (χ0n) is 11.7. The van der Waals surface area contributed by atoms with Crippen molar-refractivity contribution in [3.63, 3.8) is 0 Å². The van der Waals surface area contributed by atoms with Crippen LogP contribution in [-0.4, -0.2) is 17.7 Å². The molecule has 3 heteroatoms. The van der Waals surface area contributed by atoms with E-state index in [4.69, 9.17) is 9.84 Å². The van der Waals surface area contributed by atoms with Gasteiger partial charge in [-0.05, 0) is 37.1 Å². The Morgan fingerprint density at radius 1 is 1.00 bits per heavy atom. The topological polar surface area (TPSA) is 46.5 Å². The highest BCUT2D eigenvalue weighted by molar-refractivity contribution is 5.73. The summed E-state index contributed by atoms with van der Waals surface area (Å²) in [4.78, 5) is 11.0. The van der Waals surface area contributed by atoms with Gasteiger partial charge < -0.3 is 9.84 Å². The molecule has 0 bridgehead atoms. The number of aliphatic carboxylic acids is 1. The maximum atomic E-state index is 11.0. The second kappa shape index (κ2) is 5.78. The van der Waals surface area contributed by atoms with Gasteiger partial charge in [-0.15, -0.1) is 0 Å². The van der Waals surface area contributed by atoms with Crippen molar-refractivity contribution in [2.45, 2.75) is 13.8 Å². The summed E-state index contributed by atoms with van der Waals surface area (Å²) >= 11 is 0. The van der Waals surface area contributed by atoms with Crippen LogP contribution in [0.5, 0.6) is 5.75 Å². The number of carboxylic acids is 1. The first kappa shape index (κ1) is 14.1. The summed E-state index contributed by atoms with van der Waals surface area (Å²) in [5.74, 6) is -0.183. The third-order valence-electron chi connectivity index (χ3n) is 3.14. The second-order valence-corrected chi connectivity index (χ2v) is 5.37. The van der Waals surface area contributed by atoms with Crippen LogP contribution in [0.3, 0.4) is 0 Å². The van der Waals surface area contributed by atoms with Crippen LogP contribution in [0.4, 0.5) is 0 Å². The Morgan fingerprint density at radius 3 is 2.10 bits per heavy atom. The van der Waals surface area contributed by atoms with Gasteiger partial charge in [0.05, 0.1) is 5.41 Å². The number of carboxylic acid groups (broad SMARTS) is 1.